The van der Waals surface area contributed by atoms with E-state index in [0.717, 1.165) is 48.3 Å². The Kier molecular flexibility index (Phi) is 3.51. The zero-order valence-electron chi connectivity index (χ0n) is 14.0. The smallest absolute Gasteiger partial charge is 0.179 e. The number of rotatable bonds is 2. The molecule has 1 saturated carbocycles. The standard InChI is InChI=1S/C20H22N2O2/c1-13(23)14-2-3-15-11-18(24)17(12-21)19(16(15)10-14)22-8-6-20(4-5-20)7-9-22/h2-3,10,13,23H,4-9,11H2,1H3/t13-/m1/s1. The highest BCUT2D eigenvalue weighted by Gasteiger charge is 2.45. The van der Waals surface area contributed by atoms with E-state index in [-0.39, 0.29) is 17.8 Å². The molecule has 124 valence electrons. The van der Waals surface area contributed by atoms with Gasteiger partial charge in [0.1, 0.15) is 11.6 Å². The molecule has 1 saturated heterocycles. The number of likely N-dealkylation sites (tertiary alicyclic amines) is 1. The number of Topliss-reactive ketones (excluding diaryl/α,β-unsaturated/α-hetero) is 1. The molecule has 3 aliphatic rings. The minimum atomic E-state index is -0.559. The van der Waals surface area contributed by atoms with Gasteiger partial charge in [-0.05, 0) is 55.2 Å². The molecule has 1 atom stereocenters. The SMILES string of the molecule is C[C@@H](O)c1ccc2c(c1)C(N1CCC3(CC1)CC3)=C(C#N)C(=O)C2. The van der Waals surface area contributed by atoms with Gasteiger partial charge in [-0.1, -0.05) is 12.1 Å². The molecule has 4 rings (SSSR count). The molecule has 0 bridgehead atoms. The maximum Gasteiger partial charge on any atom is 0.179 e. The van der Waals surface area contributed by atoms with E-state index in [0.29, 0.717) is 5.41 Å². The number of fused-ring (bicyclic) bond motifs is 1. The van der Waals surface area contributed by atoms with Crippen LogP contribution in [-0.2, 0) is 11.2 Å². The zero-order chi connectivity index (χ0) is 16.9. The van der Waals surface area contributed by atoms with Gasteiger partial charge in [0.25, 0.3) is 0 Å². The fourth-order valence-corrected chi connectivity index (χ4v) is 4.08. The molecule has 2 aliphatic carbocycles. The molecule has 24 heavy (non-hydrogen) atoms. The summed E-state index contributed by atoms with van der Waals surface area (Å²) in [6.07, 6.45) is 4.67. The zero-order valence-corrected chi connectivity index (χ0v) is 14.0. The Balaban J connectivity index is 1.78. The van der Waals surface area contributed by atoms with Crippen molar-refractivity contribution in [3.8, 4) is 6.07 Å². The van der Waals surface area contributed by atoms with Crippen LogP contribution in [0.5, 0.6) is 0 Å². The van der Waals surface area contributed by atoms with Crippen LogP contribution >= 0.6 is 0 Å². The summed E-state index contributed by atoms with van der Waals surface area (Å²) >= 11 is 0. The summed E-state index contributed by atoms with van der Waals surface area (Å²) in [5.74, 6) is -0.0866. The lowest BCUT2D eigenvalue weighted by atomic mass is 9.85. The number of aliphatic hydroxyl groups excluding tert-OH is 1. The number of aliphatic hydroxyl groups is 1. The van der Waals surface area contributed by atoms with E-state index in [1.54, 1.807) is 6.92 Å². The summed E-state index contributed by atoms with van der Waals surface area (Å²) in [5.41, 5.74) is 4.38. The molecule has 1 spiro atoms. The first-order valence-corrected chi connectivity index (χ1v) is 8.77. The Hall–Kier alpha value is -2.12. The predicted octanol–water partition coefficient (Wildman–Crippen LogP) is 2.98. The Bertz CT molecular complexity index is 771. The van der Waals surface area contributed by atoms with Crippen LogP contribution in [0.25, 0.3) is 5.70 Å². The van der Waals surface area contributed by atoms with Gasteiger partial charge in [-0.15, -0.1) is 0 Å². The molecule has 0 radical (unpaired) electrons. The van der Waals surface area contributed by atoms with Crippen molar-refractivity contribution in [1.29, 1.82) is 5.26 Å². The van der Waals surface area contributed by atoms with E-state index in [1.165, 1.54) is 12.8 Å². The molecule has 4 heteroatoms. The second-order valence-corrected chi connectivity index (χ2v) is 7.51. The summed E-state index contributed by atoms with van der Waals surface area (Å²) < 4.78 is 0. The number of nitriles is 1. The number of nitrogens with zero attached hydrogens (tertiary/aromatic N) is 2. The second kappa shape index (κ2) is 5.46. The second-order valence-electron chi connectivity index (χ2n) is 7.51. The normalized spacial score (nSPS) is 23.0. The van der Waals surface area contributed by atoms with Crippen LogP contribution in [0.15, 0.2) is 23.8 Å². The number of benzene rings is 1. The van der Waals surface area contributed by atoms with E-state index in [2.05, 4.69) is 11.0 Å². The highest BCUT2D eigenvalue weighted by atomic mass is 16.3. The Morgan fingerprint density at radius 3 is 2.54 bits per heavy atom. The third-order valence-corrected chi connectivity index (χ3v) is 5.95. The molecular formula is C20H22N2O2. The Morgan fingerprint density at radius 2 is 1.96 bits per heavy atom. The lowest BCUT2D eigenvalue weighted by Crippen LogP contribution is -2.36. The molecule has 0 unspecified atom stereocenters. The minimum Gasteiger partial charge on any atom is -0.389 e. The molecule has 1 aliphatic heterocycles. The van der Waals surface area contributed by atoms with Gasteiger partial charge >= 0.3 is 0 Å². The van der Waals surface area contributed by atoms with Gasteiger partial charge < -0.3 is 10.0 Å². The fraction of sp³-hybridized carbons (Fsp3) is 0.500. The van der Waals surface area contributed by atoms with Gasteiger partial charge in [-0.25, -0.2) is 0 Å². The first-order valence-electron chi connectivity index (χ1n) is 8.77. The molecule has 0 amide bonds. The van der Waals surface area contributed by atoms with Gasteiger partial charge in [0.2, 0.25) is 0 Å². The van der Waals surface area contributed by atoms with Crippen LogP contribution in [0.1, 0.15) is 55.4 Å². The van der Waals surface area contributed by atoms with Crippen LogP contribution in [0.4, 0.5) is 0 Å². The Morgan fingerprint density at radius 1 is 1.25 bits per heavy atom. The van der Waals surface area contributed by atoms with Gasteiger partial charge in [0, 0.05) is 25.1 Å². The average Bonchev–Trinajstić information content (AvgIpc) is 3.33. The third kappa shape index (κ3) is 2.44. The first-order chi connectivity index (χ1) is 11.5. The van der Waals surface area contributed by atoms with Gasteiger partial charge in [0.15, 0.2) is 5.78 Å². The van der Waals surface area contributed by atoms with Crippen LogP contribution in [0, 0.1) is 16.7 Å². The van der Waals surface area contributed by atoms with Crippen molar-refractivity contribution in [2.45, 2.75) is 45.1 Å². The Labute approximate surface area is 142 Å². The summed E-state index contributed by atoms with van der Waals surface area (Å²) in [6, 6.07) is 7.91. The lowest BCUT2D eigenvalue weighted by Gasteiger charge is -2.37. The topological polar surface area (TPSA) is 64.3 Å². The van der Waals surface area contributed by atoms with Crippen molar-refractivity contribution in [1.82, 2.24) is 4.90 Å². The molecular weight excluding hydrogens is 300 g/mol. The summed E-state index contributed by atoms with van der Waals surface area (Å²) in [6.45, 7) is 3.56. The van der Waals surface area contributed by atoms with E-state index in [1.807, 2.05) is 18.2 Å². The van der Waals surface area contributed by atoms with Crippen LogP contribution in [0.2, 0.25) is 0 Å². The highest BCUT2D eigenvalue weighted by molar-refractivity contribution is 6.09. The van der Waals surface area contributed by atoms with Crippen molar-refractivity contribution >= 4 is 11.5 Å². The van der Waals surface area contributed by atoms with E-state index < -0.39 is 6.10 Å². The van der Waals surface area contributed by atoms with Crippen LogP contribution < -0.4 is 0 Å². The molecule has 1 aromatic rings. The van der Waals surface area contributed by atoms with Crippen LogP contribution in [0.3, 0.4) is 0 Å². The quantitative estimate of drug-likeness (QED) is 0.909. The predicted molar refractivity (Wildman–Crippen MR) is 90.8 cm³/mol. The molecule has 4 nitrogen and oxygen atoms in total. The average molecular weight is 322 g/mol. The third-order valence-electron chi connectivity index (χ3n) is 5.95. The number of carbonyl (C=O) groups is 1. The number of allylic oxidation sites excluding steroid dienone is 1. The number of carbonyl (C=O) groups excluding carboxylic acids is 1. The van der Waals surface area contributed by atoms with Crippen molar-refractivity contribution < 1.29 is 9.90 Å². The lowest BCUT2D eigenvalue weighted by molar-refractivity contribution is -0.114. The molecule has 2 fully saturated rings. The van der Waals surface area contributed by atoms with Crippen LogP contribution in [-0.4, -0.2) is 28.9 Å². The monoisotopic (exact) mass is 322 g/mol. The first kappa shape index (κ1) is 15.4. The van der Waals surface area contributed by atoms with Gasteiger partial charge in [0.05, 0.1) is 11.8 Å². The van der Waals surface area contributed by atoms with Crippen molar-refractivity contribution in [2.24, 2.45) is 5.41 Å². The van der Waals surface area contributed by atoms with Crippen molar-refractivity contribution in [3.05, 3.63) is 40.5 Å². The van der Waals surface area contributed by atoms with E-state index in [9.17, 15) is 15.2 Å². The van der Waals surface area contributed by atoms with Crippen molar-refractivity contribution in [3.63, 3.8) is 0 Å². The maximum atomic E-state index is 12.4. The van der Waals surface area contributed by atoms with Crippen molar-refractivity contribution in [2.75, 3.05) is 13.1 Å². The fourth-order valence-electron chi connectivity index (χ4n) is 4.08. The van der Waals surface area contributed by atoms with E-state index in [4.69, 9.17) is 0 Å². The van der Waals surface area contributed by atoms with E-state index >= 15 is 0 Å². The van der Waals surface area contributed by atoms with Gasteiger partial charge in [-0.3, -0.25) is 4.79 Å². The molecule has 1 N–H and O–H groups in total. The number of hydrogen-bond donors (Lipinski definition) is 1. The molecule has 1 aromatic carbocycles. The number of ketones is 1. The number of piperidine rings is 1. The summed E-state index contributed by atoms with van der Waals surface area (Å²) in [7, 11) is 0. The highest BCUT2D eigenvalue weighted by Crippen LogP contribution is 2.54. The van der Waals surface area contributed by atoms with Gasteiger partial charge in [-0.2, -0.15) is 5.26 Å². The minimum absolute atomic E-state index is 0.0866. The molecule has 0 aromatic heterocycles. The maximum absolute atomic E-state index is 12.4. The molecule has 1 heterocycles. The number of hydrogen-bond acceptors (Lipinski definition) is 4. The summed E-state index contributed by atoms with van der Waals surface area (Å²) in [5, 5.41) is 19.5. The largest absolute Gasteiger partial charge is 0.389 e. The summed E-state index contributed by atoms with van der Waals surface area (Å²) in [4.78, 5) is 14.7.